The van der Waals surface area contributed by atoms with Crippen molar-refractivity contribution >= 4 is 0 Å². The van der Waals surface area contributed by atoms with E-state index in [-0.39, 0.29) is 12.2 Å². The Balaban J connectivity index is 2.57. The highest BCUT2D eigenvalue weighted by Gasteiger charge is 2.44. The van der Waals surface area contributed by atoms with Gasteiger partial charge in [0.2, 0.25) is 0 Å². The summed E-state index contributed by atoms with van der Waals surface area (Å²) in [6.07, 6.45) is -1.92. The number of hydrogen-bond donors (Lipinski definition) is 1. The predicted octanol–water partition coefficient (Wildman–Crippen LogP) is -0.620. The molecule has 4 atom stereocenters. The fraction of sp³-hybridized carbons (Fsp3) is 1.00. The van der Waals surface area contributed by atoms with E-state index in [1.54, 1.807) is 14.2 Å². The van der Waals surface area contributed by atoms with Crippen LogP contribution in [0.1, 0.15) is 0 Å². The topological polar surface area (TPSA) is 57.2 Å². The van der Waals surface area contributed by atoms with Crippen LogP contribution in [-0.2, 0) is 18.9 Å². The summed E-state index contributed by atoms with van der Waals surface area (Å²) in [4.78, 5) is 0. The summed E-state index contributed by atoms with van der Waals surface area (Å²) >= 11 is 0. The van der Waals surface area contributed by atoms with Crippen LogP contribution in [0.15, 0.2) is 0 Å². The van der Waals surface area contributed by atoms with Crippen molar-refractivity contribution in [1.82, 2.24) is 0 Å². The van der Waals surface area contributed by atoms with Gasteiger partial charge in [0.05, 0.1) is 6.61 Å². The molecule has 1 saturated heterocycles. The van der Waals surface area contributed by atoms with Gasteiger partial charge in [-0.2, -0.15) is 0 Å². The Kier molecular flexibility index (Phi) is 4.08. The zero-order valence-electron chi connectivity index (χ0n) is 8.10. The van der Waals surface area contributed by atoms with E-state index in [4.69, 9.17) is 18.9 Å². The third kappa shape index (κ3) is 2.18. The lowest BCUT2D eigenvalue weighted by Crippen LogP contribution is -2.37. The third-order valence-corrected chi connectivity index (χ3v) is 2.16. The molecule has 0 amide bonds. The SMILES string of the molecule is COC[C@@H]1OC(O)C(OC)C1OC. The van der Waals surface area contributed by atoms with Crippen LogP contribution in [0.3, 0.4) is 0 Å². The van der Waals surface area contributed by atoms with Crippen LogP contribution >= 0.6 is 0 Å². The lowest BCUT2D eigenvalue weighted by atomic mass is 10.1. The van der Waals surface area contributed by atoms with Gasteiger partial charge in [-0.05, 0) is 0 Å². The highest BCUT2D eigenvalue weighted by Crippen LogP contribution is 2.24. The molecule has 0 radical (unpaired) electrons. The number of aliphatic hydroxyl groups excluding tert-OH is 1. The number of ether oxygens (including phenoxy) is 4. The van der Waals surface area contributed by atoms with Crippen LogP contribution in [0, 0.1) is 0 Å². The molecular weight excluding hydrogens is 176 g/mol. The van der Waals surface area contributed by atoms with Crippen molar-refractivity contribution in [3.05, 3.63) is 0 Å². The van der Waals surface area contributed by atoms with Crippen molar-refractivity contribution in [3.8, 4) is 0 Å². The van der Waals surface area contributed by atoms with Crippen molar-refractivity contribution in [2.75, 3.05) is 27.9 Å². The van der Waals surface area contributed by atoms with E-state index in [0.717, 1.165) is 0 Å². The van der Waals surface area contributed by atoms with Crippen LogP contribution in [0.25, 0.3) is 0 Å². The Bertz CT molecular complexity index is 151. The molecule has 1 heterocycles. The molecule has 0 spiro atoms. The summed E-state index contributed by atoms with van der Waals surface area (Å²) in [5.74, 6) is 0. The fourth-order valence-corrected chi connectivity index (χ4v) is 1.54. The zero-order chi connectivity index (χ0) is 9.84. The maximum atomic E-state index is 9.40. The lowest BCUT2D eigenvalue weighted by Gasteiger charge is -2.19. The van der Waals surface area contributed by atoms with Crippen LogP contribution < -0.4 is 0 Å². The van der Waals surface area contributed by atoms with Gasteiger partial charge in [0.25, 0.3) is 0 Å². The van der Waals surface area contributed by atoms with Crippen molar-refractivity contribution in [2.24, 2.45) is 0 Å². The van der Waals surface area contributed by atoms with E-state index in [2.05, 4.69) is 0 Å². The predicted molar refractivity (Wildman–Crippen MR) is 44.3 cm³/mol. The van der Waals surface area contributed by atoms with Gasteiger partial charge in [-0.25, -0.2) is 0 Å². The Labute approximate surface area is 77.5 Å². The summed E-state index contributed by atoms with van der Waals surface area (Å²) in [6, 6.07) is 0. The van der Waals surface area contributed by atoms with E-state index < -0.39 is 12.4 Å². The molecule has 1 rings (SSSR count). The first-order valence-corrected chi connectivity index (χ1v) is 4.12. The molecule has 5 nitrogen and oxygen atoms in total. The normalized spacial score (nSPS) is 39.7. The Morgan fingerprint density at radius 2 is 1.77 bits per heavy atom. The molecule has 1 fully saturated rings. The fourth-order valence-electron chi connectivity index (χ4n) is 1.54. The van der Waals surface area contributed by atoms with Crippen molar-refractivity contribution in [2.45, 2.75) is 24.6 Å². The van der Waals surface area contributed by atoms with Crippen LogP contribution in [-0.4, -0.2) is 57.6 Å². The molecule has 1 aliphatic rings. The van der Waals surface area contributed by atoms with E-state index in [1.165, 1.54) is 7.11 Å². The molecule has 0 aliphatic carbocycles. The average molecular weight is 192 g/mol. The molecule has 0 aromatic rings. The van der Waals surface area contributed by atoms with Crippen molar-refractivity contribution in [1.29, 1.82) is 0 Å². The summed E-state index contributed by atoms with van der Waals surface area (Å²) in [7, 11) is 4.64. The van der Waals surface area contributed by atoms with Crippen molar-refractivity contribution in [3.63, 3.8) is 0 Å². The molecule has 13 heavy (non-hydrogen) atoms. The van der Waals surface area contributed by atoms with Crippen molar-refractivity contribution < 1.29 is 24.1 Å². The van der Waals surface area contributed by atoms with E-state index in [0.29, 0.717) is 6.61 Å². The first kappa shape index (κ1) is 10.9. The maximum Gasteiger partial charge on any atom is 0.184 e. The van der Waals surface area contributed by atoms with E-state index in [1.807, 2.05) is 0 Å². The number of rotatable bonds is 4. The number of aliphatic hydroxyl groups is 1. The Morgan fingerprint density at radius 3 is 2.23 bits per heavy atom. The highest BCUT2D eigenvalue weighted by molar-refractivity contribution is 4.88. The van der Waals surface area contributed by atoms with Gasteiger partial charge < -0.3 is 24.1 Å². The first-order chi connectivity index (χ1) is 6.24. The minimum atomic E-state index is -0.935. The monoisotopic (exact) mass is 192 g/mol. The maximum absolute atomic E-state index is 9.40. The molecule has 1 N–H and O–H groups in total. The molecule has 0 aromatic heterocycles. The zero-order valence-corrected chi connectivity index (χ0v) is 8.10. The molecule has 1 aliphatic heterocycles. The Morgan fingerprint density at radius 1 is 1.15 bits per heavy atom. The van der Waals surface area contributed by atoms with Gasteiger partial charge in [-0.1, -0.05) is 0 Å². The summed E-state index contributed by atoms with van der Waals surface area (Å²) in [6.45, 7) is 0.384. The van der Waals surface area contributed by atoms with Gasteiger partial charge in [-0.3, -0.25) is 0 Å². The molecular formula is C8H16O5. The molecule has 78 valence electrons. The second-order valence-corrected chi connectivity index (χ2v) is 2.92. The van der Waals surface area contributed by atoms with Gasteiger partial charge in [0, 0.05) is 21.3 Å². The smallest absolute Gasteiger partial charge is 0.184 e. The van der Waals surface area contributed by atoms with E-state index >= 15 is 0 Å². The number of methoxy groups -OCH3 is 3. The highest BCUT2D eigenvalue weighted by atomic mass is 16.7. The average Bonchev–Trinajstić information content (AvgIpc) is 2.41. The molecule has 5 heteroatoms. The molecule has 0 saturated carbocycles. The minimum absolute atomic E-state index is 0.269. The molecule has 0 bridgehead atoms. The van der Waals surface area contributed by atoms with Crippen LogP contribution in [0.4, 0.5) is 0 Å². The molecule has 3 unspecified atom stereocenters. The van der Waals surface area contributed by atoms with Gasteiger partial charge in [0.15, 0.2) is 6.29 Å². The third-order valence-electron chi connectivity index (χ3n) is 2.16. The van der Waals surface area contributed by atoms with Gasteiger partial charge in [-0.15, -0.1) is 0 Å². The van der Waals surface area contributed by atoms with Crippen LogP contribution in [0.2, 0.25) is 0 Å². The summed E-state index contributed by atoms with van der Waals surface area (Å²) < 4.78 is 20.3. The lowest BCUT2D eigenvalue weighted by molar-refractivity contribution is -0.141. The van der Waals surface area contributed by atoms with Crippen LogP contribution in [0.5, 0.6) is 0 Å². The second-order valence-electron chi connectivity index (χ2n) is 2.92. The first-order valence-electron chi connectivity index (χ1n) is 4.12. The summed E-state index contributed by atoms with van der Waals surface area (Å²) in [5.41, 5.74) is 0. The quantitative estimate of drug-likeness (QED) is 0.643. The van der Waals surface area contributed by atoms with E-state index in [9.17, 15) is 5.11 Å². The minimum Gasteiger partial charge on any atom is -0.382 e. The second kappa shape index (κ2) is 4.88. The van der Waals surface area contributed by atoms with Gasteiger partial charge >= 0.3 is 0 Å². The van der Waals surface area contributed by atoms with Gasteiger partial charge in [0.1, 0.15) is 18.3 Å². The number of hydrogen-bond acceptors (Lipinski definition) is 5. The summed E-state index contributed by atoms with van der Waals surface area (Å²) in [5, 5.41) is 9.40. The Hall–Kier alpha value is -0.200. The standard InChI is InChI=1S/C8H16O5/c1-10-4-5-6(11-2)7(12-3)8(9)13-5/h5-9H,4H2,1-3H3/t5-,6?,7?,8?/m0/s1. The largest absolute Gasteiger partial charge is 0.382 e. The molecule has 0 aromatic carbocycles.